The number of nitrogens with zero attached hydrogens (tertiary/aromatic N) is 2. The molecule has 1 aromatic heterocycles. The van der Waals surface area contributed by atoms with Gasteiger partial charge in [0.15, 0.2) is 11.4 Å². The van der Waals surface area contributed by atoms with Crippen LogP contribution in [0.4, 0.5) is 22.0 Å². The fourth-order valence-corrected chi connectivity index (χ4v) is 4.32. The summed E-state index contributed by atoms with van der Waals surface area (Å²) in [6.07, 6.45) is -1.02. The number of rotatable bonds is 4. The average Bonchev–Trinajstić information content (AvgIpc) is 2.94. The van der Waals surface area contributed by atoms with Crippen molar-refractivity contribution in [3.8, 4) is 5.75 Å². The van der Waals surface area contributed by atoms with E-state index < -0.39 is 82.3 Å². The first kappa shape index (κ1) is 22.7. The molecule has 3 heterocycles. The molecule has 2 atom stereocenters. The number of hydrogen-bond donors (Lipinski definition) is 2. The van der Waals surface area contributed by atoms with Gasteiger partial charge in [0.1, 0.15) is 23.0 Å². The van der Waals surface area contributed by atoms with Gasteiger partial charge in [-0.25, -0.2) is 22.0 Å². The molecule has 12 heteroatoms. The van der Waals surface area contributed by atoms with E-state index in [2.05, 4.69) is 5.32 Å². The Labute approximate surface area is 183 Å². The third-order valence-corrected chi connectivity index (χ3v) is 5.98. The smallest absolute Gasteiger partial charge is 0.275 e. The minimum absolute atomic E-state index is 0.0432. The highest BCUT2D eigenvalue weighted by molar-refractivity contribution is 5.99. The van der Waals surface area contributed by atoms with Crippen molar-refractivity contribution in [2.45, 2.75) is 44.3 Å². The van der Waals surface area contributed by atoms with Crippen molar-refractivity contribution in [1.29, 1.82) is 0 Å². The zero-order valence-electron chi connectivity index (χ0n) is 17.0. The van der Waals surface area contributed by atoms with Crippen LogP contribution in [0.2, 0.25) is 0 Å². The van der Waals surface area contributed by atoms with Crippen LogP contribution in [0.1, 0.15) is 51.7 Å². The van der Waals surface area contributed by atoms with Gasteiger partial charge in [-0.3, -0.25) is 14.4 Å². The Kier molecular flexibility index (Phi) is 5.85. The van der Waals surface area contributed by atoms with Gasteiger partial charge < -0.3 is 19.9 Å². The number of aromatic nitrogens is 1. The number of hydrogen-bond acceptors (Lipinski definition) is 4. The molecule has 33 heavy (non-hydrogen) atoms. The molecule has 0 radical (unpaired) electrons. The Morgan fingerprint density at radius 1 is 1.15 bits per heavy atom. The normalized spacial score (nSPS) is 19.9. The lowest BCUT2D eigenvalue weighted by atomic mass is 10.1. The summed E-state index contributed by atoms with van der Waals surface area (Å²) in [5.41, 5.74) is -2.97. The number of pyridine rings is 1. The molecule has 2 amide bonds. The number of alkyl halides is 2. The number of fused-ring (bicyclic) bond motifs is 4. The van der Waals surface area contributed by atoms with Crippen LogP contribution >= 0.6 is 0 Å². The molecule has 2 N–H and O–H groups in total. The SMILES string of the molecule is O=C(NCc1c(F)cc(F)cc1F)c1cn2c(c(O)c1=O)C(=O)N1C[C@@H]2CCCC1C(F)F. The van der Waals surface area contributed by atoms with E-state index in [9.17, 15) is 41.4 Å². The molecule has 2 aromatic rings. The molecule has 1 unspecified atom stereocenters. The number of carbonyl (C=O) groups is 2. The molecule has 2 aliphatic heterocycles. The molecular formula is C21H18F5N3O4. The quantitative estimate of drug-likeness (QED) is 0.671. The van der Waals surface area contributed by atoms with Crippen molar-refractivity contribution in [3.05, 3.63) is 62.8 Å². The highest BCUT2D eigenvalue weighted by Crippen LogP contribution is 2.35. The summed E-state index contributed by atoms with van der Waals surface area (Å²) in [5.74, 6) is -6.74. The summed E-state index contributed by atoms with van der Waals surface area (Å²) in [6, 6.07) is -1.05. The Morgan fingerprint density at radius 3 is 2.45 bits per heavy atom. The van der Waals surface area contributed by atoms with Crippen molar-refractivity contribution < 1.29 is 36.6 Å². The summed E-state index contributed by atoms with van der Waals surface area (Å²) < 4.78 is 68.8. The lowest BCUT2D eigenvalue weighted by Gasteiger charge is -2.37. The number of benzene rings is 1. The topological polar surface area (TPSA) is 91.6 Å². The van der Waals surface area contributed by atoms with Crippen LogP contribution in [0.25, 0.3) is 0 Å². The average molecular weight is 471 g/mol. The fourth-order valence-electron chi connectivity index (χ4n) is 4.32. The molecule has 4 rings (SSSR count). The zero-order chi connectivity index (χ0) is 24.0. The fraction of sp³-hybridized carbons (Fsp3) is 0.381. The first-order valence-corrected chi connectivity index (χ1v) is 10.1. The van der Waals surface area contributed by atoms with E-state index in [0.717, 1.165) is 11.1 Å². The van der Waals surface area contributed by atoms with Crippen LogP contribution in [-0.4, -0.2) is 45.4 Å². The highest BCUT2D eigenvalue weighted by Gasteiger charge is 2.42. The summed E-state index contributed by atoms with van der Waals surface area (Å²) in [7, 11) is 0. The molecule has 7 nitrogen and oxygen atoms in total. The van der Waals surface area contributed by atoms with Gasteiger partial charge in [-0.05, 0) is 19.3 Å². The predicted octanol–water partition coefficient (Wildman–Crippen LogP) is 2.72. The first-order valence-electron chi connectivity index (χ1n) is 10.1. The van der Waals surface area contributed by atoms with Crippen LogP contribution < -0.4 is 10.7 Å². The van der Waals surface area contributed by atoms with Crippen molar-refractivity contribution in [2.75, 3.05) is 6.54 Å². The van der Waals surface area contributed by atoms with E-state index in [0.29, 0.717) is 25.0 Å². The Bertz CT molecular complexity index is 1180. The van der Waals surface area contributed by atoms with Gasteiger partial charge in [-0.2, -0.15) is 0 Å². The van der Waals surface area contributed by atoms with Gasteiger partial charge in [-0.1, -0.05) is 0 Å². The van der Waals surface area contributed by atoms with E-state index in [4.69, 9.17) is 0 Å². The van der Waals surface area contributed by atoms with E-state index in [1.54, 1.807) is 0 Å². The third kappa shape index (κ3) is 3.93. The molecule has 176 valence electrons. The molecule has 1 fully saturated rings. The summed E-state index contributed by atoms with van der Waals surface area (Å²) in [5, 5.41) is 12.5. The second-order valence-electron chi connectivity index (χ2n) is 7.95. The molecule has 0 spiro atoms. The Hall–Kier alpha value is -3.44. The van der Waals surface area contributed by atoms with E-state index in [1.165, 1.54) is 4.57 Å². The van der Waals surface area contributed by atoms with Gasteiger partial charge in [0.2, 0.25) is 5.43 Å². The molecule has 2 aliphatic rings. The summed E-state index contributed by atoms with van der Waals surface area (Å²) in [6.45, 7) is -0.804. The lowest BCUT2D eigenvalue weighted by Crippen LogP contribution is -2.50. The van der Waals surface area contributed by atoms with Crippen molar-refractivity contribution in [2.24, 2.45) is 0 Å². The lowest BCUT2D eigenvalue weighted by molar-refractivity contribution is 0.0138. The molecular weight excluding hydrogens is 453 g/mol. The standard InChI is InChI=1S/C21H18F5N3O4/c22-9-4-13(23)11(14(24)5-9)6-27-20(32)12-8-28-10-2-1-3-15(19(25)26)29(7-10)21(33)16(28)18(31)17(12)30/h4-5,8,10,15,19,31H,1-3,6-7H2,(H,27,32)/t10-,15?/m0/s1. The minimum Gasteiger partial charge on any atom is -0.503 e. The monoisotopic (exact) mass is 471 g/mol. The largest absolute Gasteiger partial charge is 0.503 e. The summed E-state index contributed by atoms with van der Waals surface area (Å²) >= 11 is 0. The highest BCUT2D eigenvalue weighted by atomic mass is 19.3. The van der Waals surface area contributed by atoms with Crippen LogP contribution in [0.3, 0.4) is 0 Å². The maximum absolute atomic E-state index is 13.8. The van der Waals surface area contributed by atoms with Crippen LogP contribution in [0.15, 0.2) is 23.1 Å². The Morgan fingerprint density at radius 2 is 1.82 bits per heavy atom. The van der Waals surface area contributed by atoms with Crippen molar-refractivity contribution in [3.63, 3.8) is 0 Å². The molecule has 0 aliphatic carbocycles. The first-order chi connectivity index (χ1) is 15.6. The molecule has 1 saturated heterocycles. The molecule has 0 saturated carbocycles. The van der Waals surface area contributed by atoms with Crippen molar-refractivity contribution >= 4 is 11.8 Å². The van der Waals surface area contributed by atoms with E-state index in [1.807, 2.05) is 0 Å². The summed E-state index contributed by atoms with van der Waals surface area (Å²) in [4.78, 5) is 38.9. The number of amides is 2. The molecule has 2 bridgehead atoms. The predicted molar refractivity (Wildman–Crippen MR) is 104 cm³/mol. The maximum atomic E-state index is 13.8. The van der Waals surface area contributed by atoms with Gasteiger partial charge in [0, 0.05) is 37.0 Å². The van der Waals surface area contributed by atoms with Crippen LogP contribution in [0, 0.1) is 17.5 Å². The minimum atomic E-state index is -2.80. The number of aromatic hydroxyl groups is 1. The van der Waals surface area contributed by atoms with Crippen LogP contribution in [-0.2, 0) is 6.54 Å². The number of halogens is 5. The van der Waals surface area contributed by atoms with Gasteiger partial charge >= 0.3 is 0 Å². The van der Waals surface area contributed by atoms with Gasteiger partial charge in [-0.15, -0.1) is 0 Å². The number of nitrogens with one attached hydrogen (secondary N) is 1. The van der Waals surface area contributed by atoms with E-state index in [-0.39, 0.29) is 13.0 Å². The zero-order valence-corrected chi connectivity index (χ0v) is 17.0. The third-order valence-electron chi connectivity index (χ3n) is 5.98. The van der Waals surface area contributed by atoms with E-state index >= 15 is 0 Å². The molecule has 1 aromatic carbocycles. The van der Waals surface area contributed by atoms with Crippen LogP contribution in [0.5, 0.6) is 5.75 Å². The number of carbonyl (C=O) groups excluding carboxylic acids is 2. The maximum Gasteiger partial charge on any atom is 0.275 e. The van der Waals surface area contributed by atoms with Gasteiger partial charge in [0.25, 0.3) is 18.2 Å². The van der Waals surface area contributed by atoms with Crippen molar-refractivity contribution in [1.82, 2.24) is 14.8 Å². The van der Waals surface area contributed by atoms with Gasteiger partial charge in [0.05, 0.1) is 12.1 Å². The second kappa shape index (κ2) is 8.49. The Balaban J connectivity index is 1.67. The second-order valence-corrected chi connectivity index (χ2v) is 7.95.